The molecule has 3 heteroatoms. The Morgan fingerprint density at radius 2 is 2.07 bits per heavy atom. The Labute approximate surface area is 92.9 Å². The van der Waals surface area contributed by atoms with Gasteiger partial charge in [0.05, 0.1) is 6.20 Å². The highest BCUT2D eigenvalue weighted by Crippen LogP contribution is 2.09. The van der Waals surface area contributed by atoms with Gasteiger partial charge in [0.15, 0.2) is 0 Å². The van der Waals surface area contributed by atoms with Crippen molar-refractivity contribution in [3.63, 3.8) is 0 Å². The Kier molecular flexibility index (Phi) is 4.33. The van der Waals surface area contributed by atoms with E-state index in [1.165, 1.54) is 11.3 Å². The molecule has 0 radical (unpaired) electrons. The average Bonchev–Trinajstić information content (AvgIpc) is 2.49. The summed E-state index contributed by atoms with van der Waals surface area (Å²) in [7, 11) is 1.98. The average molecular weight is 209 g/mol. The van der Waals surface area contributed by atoms with Gasteiger partial charge in [-0.25, -0.2) is 0 Å². The van der Waals surface area contributed by atoms with Crippen molar-refractivity contribution in [1.82, 2.24) is 15.1 Å². The molecule has 1 heterocycles. The molecule has 0 aliphatic rings. The molecule has 86 valence electrons. The van der Waals surface area contributed by atoms with Gasteiger partial charge >= 0.3 is 0 Å². The van der Waals surface area contributed by atoms with Crippen molar-refractivity contribution in [1.29, 1.82) is 0 Å². The first-order valence-corrected chi connectivity index (χ1v) is 5.70. The third-order valence-electron chi connectivity index (χ3n) is 3.26. The van der Waals surface area contributed by atoms with Gasteiger partial charge < -0.3 is 5.32 Å². The SMILES string of the molecule is Cc1c(CNCC(C)C(C)C)cnn1C. The molecule has 3 nitrogen and oxygen atoms in total. The van der Waals surface area contributed by atoms with Crippen LogP contribution in [0.25, 0.3) is 0 Å². The van der Waals surface area contributed by atoms with Crippen LogP contribution in [0.3, 0.4) is 0 Å². The van der Waals surface area contributed by atoms with Crippen molar-refractivity contribution in [3.05, 3.63) is 17.5 Å². The normalized spacial score (nSPS) is 13.5. The van der Waals surface area contributed by atoms with Crippen LogP contribution in [0.1, 0.15) is 32.0 Å². The van der Waals surface area contributed by atoms with Crippen LogP contribution in [0.15, 0.2) is 6.20 Å². The Morgan fingerprint density at radius 3 is 2.53 bits per heavy atom. The molecule has 1 atom stereocenters. The van der Waals surface area contributed by atoms with E-state index in [4.69, 9.17) is 0 Å². The molecule has 1 N–H and O–H groups in total. The lowest BCUT2D eigenvalue weighted by atomic mass is 9.98. The molecule has 0 bridgehead atoms. The van der Waals surface area contributed by atoms with Gasteiger partial charge in [0.1, 0.15) is 0 Å². The molecule has 1 aromatic heterocycles. The number of nitrogens with zero attached hydrogens (tertiary/aromatic N) is 2. The van der Waals surface area contributed by atoms with E-state index in [1.807, 2.05) is 17.9 Å². The molecule has 1 rings (SSSR count). The highest BCUT2D eigenvalue weighted by Gasteiger charge is 2.07. The molecule has 0 spiro atoms. The molecular formula is C12H23N3. The maximum absolute atomic E-state index is 4.23. The van der Waals surface area contributed by atoms with Gasteiger partial charge in [-0.1, -0.05) is 20.8 Å². The van der Waals surface area contributed by atoms with E-state index in [1.54, 1.807) is 0 Å². The second-order valence-corrected chi connectivity index (χ2v) is 4.73. The zero-order valence-corrected chi connectivity index (χ0v) is 10.5. The van der Waals surface area contributed by atoms with Gasteiger partial charge in [-0.05, 0) is 25.3 Å². The summed E-state index contributed by atoms with van der Waals surface area (Å²) in [6.45, 7) is 10.9. The highest BCUT2D eigenvalue weighted by atomic mass is 15.3. The smallest absolute Gasteiger partial charge is 0.0537 e. The molecule has 15 heavy (non-hydrogen) atoms. The minimum atomic E-state index is 0.724. The number of aromatic nitrogens is 2. The molecular weight excluding hydrogens is 186 g/mol. The fraction of sp³-hybridized carbons (Fsp3) is 0.750. The summed E-state index contributed by atoms with van der Waals surface area (Å²) in [5.41, 5.74) is 2.55. The molecule has 0 saturated carbocycles. The Bertz CT molecular complexity index is 302. The van der Waals surface area contributed by atoms with Crippen molar-refractivity contribution in [2.45, 2.75) is 34.2 Å². The molecule has 0 amide bonds. The molecule has 0 aromatic carbocycles. The Morgan fingerprint density at radius 1 is 1.40 bits per heavy atom. The van der Waals surface area contributed by atoms with Crippen molar-refractivity contribution in [3.8, 4) is 0 Å². The number of hydrogen-bond donors (Lipinski definition) is 1. The van der Waals surface area contributed by atoms with Gasteiger partial charge in [0.2, 0.25) is 0 Å². The third kappa shape index (κ3) is 3.34. The summed E-state index contributed by atoms with van der Waals surface area (Å²) in [6, 6.07) is 0. The van der Waals surface area contributed by atoms with Crippen LogP contribution < -0.4 is 5.32 Å². The highest BCUT2D eigenvalue weighted by molar-refractivity contribution is 5.15. The van der Waals surface area contributed by atoms with Crippen LogP contribution >= 0.6 is 0 Å². The Balaban J connectivity index is 2.35. The van der Waals surface area contributed by atoms with E-state index in [2.05, 4.69) is 38.1 Å². The van der Waals surface area contributed by atoms with Gasteiger partial charge in [-0.15, -0.1) is 0 Å². The summed E-state index contributed by atoms with van der Waals surface area (Å²) in [5, 5.41) is 7.71. The van der Waals surface area contributed by atoms with Gasteiger partial charge in [0, 0.05) is 24.8 Å². The zero-order valence-electron chi connectivity index (χ0n) is 10.5. The first kappa shape index (κ1) is 12.2. The predicted octanol–water partition coefficient (Wildman–Crippen LogP) is 2.11. The van der Waals surface area contributed by atoms with E-state index in [-0.39, 0.29) is 0 Å². The number of nitrogens with one attached hydrogen (secondary N) is 1. The molecule has 0 saturated heterocycles. The molecule has 0 fully saturated rings. The van der Waals surface area contributed by atoms with E-state index < -0.39 is 0 Å². The predicted molar refractivity (Wildman–Crippen MR) is 63.7 cm³/mol. The van der Waals surface area contributed by atoms with Crippen molar-refractivity contribution >= 4 is 0 Å². The first-order valence-electron chi connectivity index (χ1n) is 5.70. The summed E-state index contributed by atoms with van der Waals surface area (Å²) in [6.07, 6.45) is 1.95. The summed E-state index contributed by atoms with van der Waals surface area (Å²) < 4.78 is 1.92. The number of rotatable bonds is 5. The Hall–Kier alpha value is -0.830. The summed E-state index contributed by atoms with van der Waals surface area (Å²) in [4.78, 5) is 0. The van der Waals surface area contributed by atoms with Crippen LogP contribution in [0, 0.1) is 18.8 Å². The fourth-order valence-corrected chi connectivity index (χ4v) is 1.39. The maximum atomic E-state index is 4.23. The maximum Gasteiger partial charge on any atom is 0.0537 e. The van der Waals surface area contributed by atoms with Crippen molar-refractivity contribution in [2.24, 2.45) is 18.9 Å². The second kappa shape index (κ2) is 5.31. The van der Waals surface area contributed by atoms with E-state index in [9.17, 15) is 0 Å². The molecule has 0 aliphatic carbocycles. The largest absolute Gasteiger partial charge is 0.312 e. The summed E-state index contributed by atoms with van der Waals surface area (Å²) >= 11 is 0. The summed E-state index contributed by atoms with van der Waals surface area (Å²) in [5.74, 6) is 1.47. The monoisotopic (exact) mass is 209 g/mol. The van der Waals surface area contributed by atoms with Gasteiger partial charge in [0.25, 0.3) is 0 Å². The molecule has 1 unspecified atom stereocenters. The number of aryl methyl sites for hydroxylation is 1. The van der Waals surface area contributed by atoms with E-state index in [0.29, 0.717) is 0 Å². The topological polar surface area (TPSA) is 29.9 Å². The fourth-order valence-electron chi connectivity index (χ4n) is 1.39. The van der Waals surface area contributed by atoms with Crippen LogP contribution in [0.2, 0.25) is 0 Å². The quantitative estimate of drug-likeness (QED) is 0.805. The lowest BCUT2D eigenvalue weighted by Crippen LogP contribution is -2.23. The minimum Gasteiger partial charge on any atom is -0.312 e. The van der Waals surface area contributed by atoms with Crippen molar-refractivity contribution in [2.75, 3.05) is 6.54 Å². The van der Waals surface area contributed by atoms with Gasteiger partial charge in [-0.3, -0.25) is 4.68 Å². The van der Waals surface area contributed by atoms with Crippen LogP contribution in [-0.2, 0) is 13.6 Å². The van der Waals surface area contributed by atoms with Crippen LogP contribution in [0.4, 0.5) is 0 Å². The standard InChI is InChI=1S/C12H23N3/c1-9(2)10(3)6-13-7-12-8-14-15(5)11(12)4/h8-10,13H,6-7H2,1-5H3. The molecule has 0 aliphatic heterocycles. The lowest BCUT2D eigenvalue weighted by Gasteiger charge is -2.15. The van der Waals surface area contributed by atoms with Crippen molar-refractivity contribution < 1.29 is 0 Å². The third-order valence-corrected chi connectivity index (χ3v) is 3.26. The van der Waals surface area contributed by atoms with Crippen LogP contribution in [0.5, 0.6) is 0 Å². The van der Waals surface area contributed by atoms with E-state index in [0.717, 1.165) is 24.9 Å². The number of hydrogen-bond acceptors (Lipinski definition) is 2. The van der Waals surface area contributed by atoms with Crippen LogP contribution in [-0.4, -0.2) is 16.3 Å². The van der Waals surface area contributed by atoms with Gasteiger partial charge in [-0.2, -0.15) is 5.10 Å². The second-order valence-electron chi connectivity index (χ2n) is 4.73. The minimum absolute atomic E-state index is 0.724. The van der Waals surface area contributed by atoms with E-state index >= 15 is 0 Å². The lowest BCUT2D eigenvalue weighted by molar-refractivity contribution is 0.392. The zero-order chi connectivity index (χ0) is 11.4. The first-order chi connectivity index (χ1) is 7.02. The molecule has 1 aromatic rings.